The van der Waals surface area contributed by atoms with Gasteiger partial charge in [-0.05, 0) is 50.5 Å². The Labute approximate surface area is 177 Å². The van der Waals surface area contributed by atoms with Gasteiger partial charge in [0.05, 0.1) is 19.0 Å². The summed E-state index contributed by atoms with van der Waals surface area (Å²) in [5.41, 5.74) is -1.79. The van der Waals surface area contributed by atoms with Gasteiger partial charge in [0, 0.05) is 12.5 Å². The molecule has 1 heterocycles. The van der Waals surface area contributed by atoms with E-state index in [0.29, 0.717) is 16.0 Å². The van der Waals surface area contributed by atoms with Crippen LogP contribution in [0.5, 0.6) is 5.75 Å². The number of rotatable bonds is 6. The second kappa shape index (κ2) is 8.84. The molecule has 0 bridgehead atoms. The van der Waals surface area contributed by atoms with E-state index in [9.17, 15) is 9.59 Å². The quantitative estimate of drug-likeness (QED) is 0.452. The first-order valence-corrected chi connectivity index (χ1v) is 9.60. The average Bonchev–Trinajstić information content (AvgIpc) is 2.44. The van der Waals surface area contributed by atoms with Gasteiger partial charge in [-0.1, -0.05) is 0 Å². The number of aromatic nitrogens is 1. The summed E-state index contributed by atoms with van der Waals surface area (Å²) in [6, 6.07) is 1.59. The standard InChI is InChI=1S/C17H24BrCl2N3O4/c1-15(2,3)27-14(25)23-16(4,9-17(5,19)20)13(24)22-10-7-11(26-6)12(18)21-8-10/h7-8H,9H2,1-6H3,(H,22,24)(H,23,25)/t16-/m0/s1. The molecule has 0 saturated heterocycles. The molecule has 0 saturated carbocycles. The molecule has 0 unspecified atom stereocenters. The van der Waals surface area contributed by atoms with Crippen molar-refractivity contribution in [2.24, 2.45) is 0 Å². The second-order valence-corrected chi connectivity index (χ2v) is 9.99. The Kier molecular flexibility index (Phi) is 7.78. The van der Waals surface area contributed by atoms with E-state index in [2.05, 4.69) is 31.5 Å². The molecule has 7 nitrogen and oxygen atoms in total. The molecular formula is C17H24BrCl2N3O4. The maximum atomic E-state index is 12.9. The highest BCUT2D eigenvalue weighted by Gasteiger charge is 2.41. The normalized spacial score (nSPS) is 14.1. The summed E-state index contributed by atoms with van der Waals surface area (Å²) in [6.07, 6.45) is 0.623. The Balaban J connectivity index is 3.07. The van der Waals surface area contributed by atoms with E-state index in [0.717, 1.165) is 0 Å². The Morgan fingerprint density at radius 2 is 1.81 bits per heavy atom. The lowest BCUT2D eigenvalue weighted by atomic mass is 9.94. The highest BCUT2D eigenvalue weighted by Crippen LogP contribution is 2.32. The van der Waals surface area contributed by atoms with Crippen LogP contribution in [0.3, 0.4) is 0 Å². The Morgan fingerprint density at radius 3 is 2.30 bits per heavy atom. The SMILES string of the molecule is COc1cc(NC(=O)[C@](C)(CC(C)(Cl)Cl)NC(=O)OC(C)(C)C)cnc1Br. The molecule has 0 radical (unpaired) electrons. The van der Waals surface area contributed by atoms with Gasteiger partial charge in [0.15, 0.2) is 5.75 Å². The minimum absolute atomic E-state index is 0.0602. The fraction of sp³-hybridized carbons (Fsp3) is 0.588. The maximum Gasteiger partial charge on any atom is 0.408 e. The number of alkyl carbamates (subject to hydrolysis) is 1. The minimum atomic E-state index is -1.44. The van der Waals surface area contributed by atoms with Crippen LogP contribution in [-0.4, -0.2) is 39.6 Å². The summed E-state index contributed by atoms with van der Waals surface area (Å²) in [6.45, 7) is 8.20. The van der Waals surface area contributed by atoms with Gasteiger partial charge < -0.3 is 20.1 Å². The van der Waals surface area contributed by atoms with E-state index in [1.54, 1.807) is 26.8 Å². The van der Waals surface area contributed by atoms with Gasteiger partial charge >= 0.3 is 6.09 Å². The van der Waals surface area contributed by atoms with Crippen molar-refractivity contribution < 1.29 is 19.1 Å². The molecule has 0 aliphatic rings. The van der Waals surface area contributed by atoms with Crippen molar-refractivity contribution in [1.82, 2.24) is 10.3 Å². The van der Waals surface area contributed by atoms with Crippen molar-refractivity contribution in [2.75, 3.05) is 12.4 Å². The monoisotopic (exact) mass is 483 g/mol. The Hall–Kier alpha value is -1.25. The first-order chi connectivity index (χ1) is 12.1. The molecule has 152 valence electrons. The molecule has 0 spiro atoms. The first-order valence-electron chi connectivity index (χ1n) is 8.05. The highest BCUT2D eigenvalue weighted by atomic mass is 79.9. The Morgan fingerprint density at radius 1 is 1.22 bits per heavy atom. The summed E-state index contributed by atoms with van der Waals surface area (Å²) in [4.78, 5) is 29.2. The molecule has 1 aromatic heterocycles. The van der Waals surface area contributed by atoms with Gasteiger partial charge in [0.2, 0.25) is 5.91 Å². The number of methoxy groups -OCH3 is 1. The number of amides is 2. The zero-order chi connectivity index (χ0) is 21.0. The van der Waals surface area contributed by atoms with Crippen LogP contribution in [0.4, 0.5) is 10.5 Å². The summed E-state index contributed by atoms with van der Waals surface area (Å²) in [5.74, 6) is -0.0961. The van der Waals surface area contributed by atoms with Crippen molar-refractivity contribution in [3.63, 3.8) is 0 Å². The lowest BCUT2D eigenvalue weighted by Crippen LogP contribution is -2.57. The molecule has 10 heteroatoms. The van der Waals surface area contributed by atoms with Crippen molar-refractivity contribution in [2.45, 2.75) is 56.5 Å². The predicted octanol–water partition coefficient (Wildman–Crippen LogP) is 4.66. The molecule has 2 amide bonds. The minimum Gasteiger partial charge on any atom is -0.494 e. The maximum absolute atomic E-state index is 12.9. The van der Waals surface area contributed by atoms with Gasteiger partial charge in [0.25, 0.3) is 0 Å². The van der Waals surface area contributed by atoms with Crippen molar-refractivity contribution in [3.05, 3.63) is 16.9 Å². The largest absolute Gasteiger partial charge is 0.494 e. The third-order valence-corrected chi connectivity index (χ3v) is 4.09. The van der Waals surface area contributed by atoms with Crippen LogP contribution in [0.2, 0.25) is 0 Å². The van der Waals surface area contributed by atoms with E-state index >= 15 is 0 Å². The number of anilines is 1. The fourth-order valence-corrected chi connectivity index (χ4v) is 3.15. The van der Waals surface area contributed by atoms with Crippen LogP contribution in [-0.2, 0) is 9.53 Å². The number of alkyl halides is 2. The fourth-order valence-electron chi connectivity index (χ4n) is 2.24. The van der Waals surface area contributed by atoms with Crippen LogP contribution >= 0.6 is 39.1 Å². The van der Waals surface area contributed by atoms with Crippen LogP contribution in [0.15, 0.2) is 16.9 Å². The smallest absolute Gasteiger partial charge is 0.408 e. The van der Waals surface area contributed by atoms with E-state index < -0.39 is 27.5 Å². The van der Waals surface area contributed by atoms with Crippen molar-refractivity contribution in [1.29, 1.82) is 0 Å². The van der Waals surface area contributed by atoms with E-state index in [1.807, 2.05) is 0 Å². The molecule has 2 N–H and O–H groups in total. The van der Waals surface area contributed by atoms with Crippen LogP contribution in [0, 0.1) is 0 Å². The molecule has 1 aromatic rings. The second-order valence-electron chi connectivity index (χ2n) is 7.38. The van der Waals surface area contributed by atoms with E-state index in [4.69, 9.17) is 32.7 Å². The molecule has 0 fully saturated rings. The third kappa shape index (κ3) is 8.11. The van der Waals surface area contributed by atoms with Crippen LogP contribution in [0.1, 0.15) is 41.0 Å². The van der Waals surface area contributed by atoms with Gasteiger partial charge in [-0.2, -0.15) is 0 Å². The number of hydrogen-bond donors (Lipinski definition) is 2. The third-order valence-electron chi connectivity index (χ3n) is 3.23. The topological polar surface area (TPSA) is 89.6 Å². The van der Waals surface area contributed by atoms with Crippen molar-refractivity contribution in [3.8, 4) is 5.75 Å². The summed E-state index contributed by atoms with van der Waals surface area (Å²) in [5, 5.41) is 5.25. The summed E-state index contributed by atoms with van der Waals surface area (Å²) in [7, 11) is 1.48. The number of carbonyl (C=O) groups excluding carboxylic acids is 2. The highest BCUT2D eigenvalue weighted by molar-refractivity contribution is 9.10. The number of halogens is 3. The number of nitrogens with zero attached hydrogens (tertiary/aromatic N) is 1. The summed E-state index contributed by atoms with van der Waals surface area (Å²) < 4.78 is 9.63. The average molecular weight is 485 g/mol. The molecule has 27 heavy (non-hydrogen) atoms. The number of carbonyl (C=O) groups is 2. The molecular weight excluding hydrogens is 461 g/mol. The molecule has 1 rings (SSSR count). The first kappa shape index (κ1) is 23.8. The van der Waals surface area contributed by atoms with Crippen LogP contribution < -0.4 is 15.4 Å². The van der Waals surface area contributed by atoms with E-state index in [-0.39, 0.29) is 6.42 Å². The lowest BCUT2D eigenvalue weighted by molar-refractivity contribution is -0.122. The number of nitrogens with one attached hydrogen (secondary N) is 2. The zero-order valence-corrected chi connectivity index (χ0v) is 19.2. The Bertz CT molecular complexity index is 704. The molecule has 1 atom stereocenters. The zero-order valence-electron chi connectivity index (χ0n) is 16.1. The number of hydrogen-bond acceptors (Lipinski definition) is 5. The predicted molar refractivity (Wildman–Crippen MR) is 110 cm³/mol. The van der Waals surface area contributed by atoms with Crippen LogP contribution in [0.25, 0.3) is 0 Å². The summed E-state index contributed by atoms with van der Waals surface area (Å²) >= 11 is 15.4. The molecule has 0 aromatic carbocycles. The van der Waals surface area contributed by atoms with Crippen molar-refractivity contribution >= 4 is 56.8 Å². The van der Waals surface area contributed by atoms with Gasteiger partial charge in [-0.15, -0.1) is 23.2 Å². The number of ether oxygens (including phenoxy) is 2. The molecule has 0 aliphatic heterocycles. The van der Waals surface area contributed by atoms with Gasteiger partial charge in [-0.3, -0.25) is 4.79 Å². The van der Waals surface area contributed by atoms with Gasteiger partial charge in [-0.25, -0.2) is 9.78 Å². The van der Waals surface area contributed by atoms with E-state index in [1.165, 1.54) is 27.2 Å². The lowest BCUT2D eigenvalue weighted by Gasteiger charge is -2.33. The molecule has 0 aliphatic carbocycles. The van der Waals surface area contributed by atoms with Gasteiger partial charge in [0.1, 0.15) is 20.1 Å². The number of pyridine rings is 1.